The molecule has 2 aliphatic rings. The zero-order chi connectivity index (χ0) is 14.6. The van der Waals surface area contributed by atoms with Crippen LogP contribution in [0.5, 0.6) is 0 Å². The second-order valence-electron chi connectivity index (χ2n) is 4.77. The number of carbonyl (C=O) groups excluding carboxylic acids is 2. The van der Waals surface area contributed by atoms with E-state index in [-0.39, 0.29) is 6.42 Å². The van der Waals surface area contributed by atoms with E-state index in [2.05, 4.69) is 0 Å². The summed E-state index contributed by atoms with van der Waals surface area (Å²) in [6.07, 6.45) is 2.56. The molecule has 0 aliphatic carbocycles. The molecule has 6 heteroatoms. The average Bonchev–Trinajstić information content (AvgIpc) is 2.49. The molecule has 0 atom stereocenters. The van der Waals surface area contributed by atoms with Crippen LogP contribution in [0.1, 0.15) is 46.4 Å². The Morgan fingerprint density at radius 3 is 1.85 bits per heavy atom. The topological polar surface area (TPSA) is 105 Å². The predicted molar refractivity (Wildman–Crippen MR) is 71.7 cm³/mol. The van der Waals surface area contributed by atoms with Crippen molar-refractivity contribution in [2.45, 2.75) is 31.6 Å². The fourth-order valence-corrected chi connectivity index (χ4v) is 1.99. The van der Waals surface area contributed by atoms with Gasteiger partial charge in [0.05, 0.1) is 11.1 Å². The highest BCUT2D eigenvalue weighted by Crippen LogP contribution is 2.22. The van der Waals surface area contributed by atoms with E-state index in [1.165, 1.54) is 24.3 Å². The van der Waals surface area contributed by atoms with Crippen molar-refractivity contribution in [3.05, 3.63) is 35.4 Å². The van der Waals surface area contributed by atoms with E-state index < -0.39 is 17.8 Å². The van der Waals surface area contributed by atoms with Crippen molar-refractivity contribution < 1.29 is 19.1 Å². The van der Waals surface area contributed by atoms with Crippen molar-refractivity contribution in [2.75, 3.05) is 6.54 Å². The Hall–Kier alpha value is -1.92. The number of carbonyl (C=O) groups is 2. The SMILES string of the molecule is NCCCCCC1(N)OC(=O)c2ccc(cc2)C(=O)O1. The standard InChI is InChI=1S/C14H18N2O4/c15-9-3-1-2-8-14(16)19-12(17)10-4-5-11(7-6-10)13(18)20-14/h4-7H,1-3,8-9,15-16H2. The molecule has 0 fully saturated rings. The molecule has 1 aromatic rings. The van der Waals surface area contributed by atoms with E-state index in [0.717, 1.165) is 12.8 Å². The number of unbranched alkanes of at least 4 members (excludes halogenated alkanes) is 2. The van der Waals surface area contributed by atoms with Crippen molar-refractivity contribution in [1.29, 1.82) is 0 Å². The molecule has 2 bridgehead atoms. The third-order valence-corrected chi connectivity index (χ3v) is 3.12. The number of rotatable bonds is 5. The van der Waals surface area contributed by atoms with Gasteiger partial charge >= 0.3 is 17.8 Å². The third-order valence-electron chi connectivity index (χ3n) is 3.12. The van der Waals surface area contributed by atoms with E-state index in [0.29, 0.717) is 24.1 Å². The Morgan fingerprint density at radius 2 is 1.40 bits per heavy atom. The first-order valence-corrected chi connectivity index (χ1v) is 6.60. The Labute approximate surface area is 117 Å². The molecule has 0 amide bonds. The molecule has 2 aliphatic heterocycles. The van der Waals surface area contributed by atoms with Gasteiger partial charge in [-0.2, -0.15) is 0 Å². The summed E-state index contributed by atoms with van der Waals surface area (Å²) in [5, 5.41) is 0. The van der Waals surface area contributed by atoms with Crippen LogP contribution in [0.3, 0.4) is 0 Å². The number of hydrogen-bond donors (Lipinski definition) is 2. The number of nitrogens with two attached hydrogens (primary N) is 2. The van der Waals surface area contributed by atoms with Crippen molar-refractivity contribution in [2.24, 2.45) is 11.5 Å². The van der Waals surface area contributed by atoms with Gasteiger partial charge in [0.2, 0.25) is 0 Å². The minimum atomic E-state index is -1.72. The zero-order valence-electron chi connectivity index (χ0n) is 11.1. The molecule has 0 saturated carbocycles. The second kappa shape index (κ2) is 6.02. The van der Waals surface area contributed by atoms with E-state index in [1.807, 2.05) is 0 Å². The van der Waals surface area contributed by atoms with Gasteiger partial charge in [-0.15, -0.1) is 0 Å². The molecule has 2 heterocycles. The number of ether oxygens (including phenoxy) is 2. The van der Waals surface area contributed by atoms with Crippen LogP contribution in [0.25, 0.3) is 0 Å². The summed E-state index contributed by atoms with van der Waals surface area (Å²) in [7, 11) is 0. The van der Waals surface area contributed by atoms with Crippen molar-refractivity contribution in [3.63, 3.8) is 0 Å². The fraction of sp³-hybridized carbons (Fsp3) is 0.429. The summed E-state index contributed by atoms with van der Waals surface area (Å²) in [5.74, 6) is -2.93. The van der Waals surface area contributed by atoms with E-state index in [4.69, 9.17) is 20.9 Å². The van der Waals surface area contributed by atoms with Gasteiger partial charge in [0.25, 0.3) is 0 Å². The van der Waals surface area contributed by atoms with Gasteiger partial charge in [-0.3, -0.25) is 5.73 Å². The van der Waals surface area contributed by atoms with Crippen LogP contribution in [-0.2, 0) is 9.47 Å². The first-order chi connectivity index (χ1) is 9.54. The molecular formula is C14H18N2O4. The molecule has 3 rings (SSSR count). The average molecular weight is 278 g/mol. The minimum Gasteiger partial charge on any atom is -0.405 e. The van der Waals surface area contributed by atoms with Crippen molar-refractivity contribution >= 4 is 11.9 Å². The Kier molecular flexibility index (Phi) is 4.36. The van der Waals surface area contributed by atoms with Crippen LogP contribution in [0, 0.1) is 0 Å². The molecule has 108 valence electrons. The molecule has 0 unspecified atom stereocenters. The maximum Gasteiger partial charge on any atom is 0.342 e. The molecule has 4 N–H and O–H groups in total. The first-order valence-electron chi connectivity index (χ1n) is 6.60. The Bertz CT molecular complexity index is 461. The lowest BCUT2D eigenvalue weighted by molar-refractivity contribution is -0.169. The summed E-state index contributed by atoms with van der Waals surface area (Å²) in [6, 6.07) is 6.05. The molecule has 20 heavy (non-hydrogen) atoms. The van der Waals surface area contributed by atoms with Gasteiger partial charge in [0.1, 0.15) is 0 Å². The smallest absolute Gasteiger partial charge is 0.342 e. The largest absolute Gasteiger partial charge is 0.405 e. The van der Waals surface area contributed by atoms with E-state index in [1.54, 1.807) is 0 Å². The maximum atomic E-state index is 11.9. The highest BCUT2D eigenvalue weighted by atomic mass is 16.7. The van der Waals surface area contributed by atoms with Gasteiger partial charge in [0.15, 0.2) is 0 Å². The van der Waals surface area contributed by atoms with Gasteiger partial charge in [-0.25, -0.2) is 9.59 Å². The minimum absolute atomic E-state index is 0.241. The molecule has 0 aromatic heterocycles. The zero-order valence-corrected chi connectivity index (χ0v) is 11.1. The normalized spacial score (nSPS) is 16.9. The van der Waals surface area contributed by atoms with Crippen molar-refractivity contribution in [3.8, 4) is 0 Å². The molecule has 1 aromatic carbocycles. The highest BCUT2D eigenvalue weighted by Gasteiger charge is 2.35. The van der Waals surface area contributed by atoms with Gasteiger partial charge in [-0.1, -0.05) is 6.42 Å². The number of esters is 2. The Balaban J connectivity index is 2.13. The third kappa shape index (κ3) is 3.34. The lowest BCUT2D eigenvalue weighted by atomic mass is 10.1. The van der Waals surface area contributed by atoms with Crippen LogP contribution in [-0.4, -0.2) is 24.4 Å². The van der Waals surface area contributed by atoms with Gasteiger partial charge in [0, 0.05) is 6.42 Å². The highest BCUT2D eigenvalue weighted by molar-refractivity contribution is 5.94. The summed E-state index contributed by atoms with van der Waals surface area (Å²) in [4.78, 5) is 23.8. The van der Waals surface area contributed by atoms with E-state index >= 15 is 0 Å². The molecule has 0 radical (unpaired) electrons. The monoisotopic (exact) mass is 278 g/mol. The fourth-order valence-electron chi connectivity index (χ4n) is 1.99. The maximum absolute atomic E-state index is 11.9. The quantitative estimate of drug-likeness (QED) is 0.618. The molecular weight excluding hydrogens is 260 g/mol. The van der Waals surface area contributed by atoms with Crippen LogP contribution in [0.2, 0.25) is 0 Å². The summed E-state index contributed by atoms with van der Waals surface area (Å²) >= 11 is 0. The van der Waals surface area contributed by atoms with Gasteiger partial charge < -0.3 is 15.2 Å². The predicted octanol–water partition coefficient (Wildman–Crippen LogP) is 1.15. The summed E-state index contributed by atoms with van der Waals surface area (Å²) in [6.45, 7) is 0.584. The van der Waals surface area contributed by atoms with Crippen LogP contribution < -0.4 is 11.5 Å². The van der Waals surface area contributed by atoms with E-state index in [9.17, 15) is 9.59 Å². The lowest BCUT2D eigenvalue weighted by Crippen LogP contribution is -2.48. The molecule has 0 spiro atoms. The van der Waals surface area contributed by atoms with Crippen LogP contribution >= 0.6 is 0 Å². The van der Waals surface area contributed by atoms with Crippen LogP contribution in [0.4, 0.5) is 0 Å². The van der Waals surface area contributed by atoms with Crippen LogP contribution in [0.15, 0.2) is 24.3 Å². The lowest BCUT2D eigenvalue weighted by Gasteiger charge is -2.27. The Morgan fingerprint density at radius 1 is 0.900 bits per heavy atom. The van der Waals surface area contributed by atoms with Gasteiger partial charge in [-0.05, 0) is 43.7 Å². The molecule has 0 saturated heterocycles. The first kappa shape index (κ1) is 14.5. The number of fused-ring (bicyclic) bond motifs is 6. The molecule has 6 nitrogen and oxygen atoms in total. The number of benzene rings is 1. The summed E-state index contributed by atoms with van der Waals surface area (Å²) in [5.41, 5.74) is 12.0. The van der Waals surface area contributed by atoms with Crippen molar-refractivity contribution in [1.82, 2.24) is 0 Å². The number of hydrogen-bond acceptors (Lipinski definition) is 6. The second-order valence-corrected chi connectivity index (χ2v) is 4.77. The summed E-state index contributed by atoms with van der Waals surface area (Å²) < 4.78 is 10.3.